The van der Waals surface area contributed by atoms with Crippen LogP contribution < -0.4 is 0 Å². The summed E-state index contributed by atoms with van der Waals surface area (Å²) in [5, 5.41) is 2.68. The minimum Gasteiger partial charge on any atom is -0.309 e. The summed E-state index contributed by atoms with van der Waals surface area (Å²) >= 11 is 0. The number of hydrogen-bond acceptors (Lipinski definition) is 0. The molecule has 1 heterocycles. The molecule has 1 aliphatic rings. The van der Waals surface area contributed by atoms with Gasteiger partial charge in [-0.2, -0.15) is 0 Å². The average Bonchev–Trinajstić information content (AvgIpc) is 3.28. The highest BCUT2D eigenvalue weighted by atomic mass is 15.0. The lowest BCUT2D eigenvalue weighted by Crippen LogP contribution is -2.10. The van der Waals surface area contributed by atoms with Crippen LogP contribution in [0.25, 0.3) is 38.6 Å². The zero-order valence-corrected chi connectivity index (χ0v) is 17.7. The fourth-order valence-corrected chi connectivity index (χ4v) is 5.03. The van der Waals surface area contributed by atoms with Gasteiger partial charge in [-0.25, -0.2) is 0 Å². The second kappa shape index (κ2) is 6.09. The number of benzene rings is 4. The Balaban J connectivity index is 1.81. The fraction of sp³-hybridized carbons (Fsp3) is 0.172. The second-order valence-corrected chi connectivity index (χ2v) is 9.48. The summed E-state index contributed by atoms with van der Waals surface area (Å²) in [4.78, 5) is 0. The van der Waals surface area contributed by atoms with Gasteiger partial charge >= 0.3 is 0 Å². The van der Waals surface area contributed by atoms with E-state index in [0.29, 0.717) is 0 Å². The van der Waals surface area contributed by atoms with Crippen molar-refractivity contribution in [3.8, 4) is 16.8 Å². The topological polar surface area (TPSA) is 4.93 Å². The molecule has 0 amide bonds. The highest BCUT2D eigenvalue weighted by Crippen LogP contribution is 2.45. The summed E-state index contributed by atoms with van der Waals surface area (Å²) in [5.74, 6) is 0. The highest BCUT2D eigenvalue weighted by molar-refractivity contribution is 6.15. The Morgan fingerprint density at radius 2 is 1.47 bits per heavy atom. The Hall–Kier alpha value is -3.32. The van der Waals surface area contributed by atoms with E-state index in [-0.39, 0.29) is 5.41 Å². The summed E-state index contributed by atoms with van der Waals surface area (Å²) in [7, 11) is 0. The predicted octanol–water partition coefficient (Wildman–Crippen LogP) is 7.65. The van der Waals surface area contributed by atoms with Crippen molar-refractivity contribution in [2.24, 2.45) is 0 Å². The van der Waals surface area contributed by atoms with E-state index in [9.17, 15) is 0 Å². The van der Waals surface area contributed by atoms with E-state index in [1.807, 2.05) is 0 Å². The van der Waals surface area contributed by atoms with Crippen LogP contribution in [0.5, 0.6) is 0 Å². The van der Waals surface area contributed by atoms with E-state index < -0.39 is 0 Å². The molecule has 1 heteroatoms. The summed E-state index contributed by atoms with van der Waals surface area (Å²) < 4.78 is 2.47. The first-order valence-corrected chi connectivity index (χ1v) is 10.8. The second-order valence-electron chi connectivity index (χ2n) is 9.48. The van der Waals surface area contributed by atoms with Crippen molar-refractivity contribution in [3.63, 3.8) is 0 Å². The van der Waals surface area contributed by atoms with Crippen molar-refractivity contribution in [3.05, 3.63) is 102 Å². The maximum Gasteiger partial charge on any atom is 0.0622 e. The van der Waals surface area contributed by atoms with Crippen LogP contribution in [0.4, 0.5) is 0 Å². The molecular weight excluding hydrogens is 362 g/mol. The SMILES string of the molecule is CC(C)(C)c1ccc2c(c1)c1ccc3c(c1n2-c1ccccc1)-c1ccccc1C3. The molecule has 4 aromatic carbocycles. The van der Waals surface area contributed by atoms with Crippen molar-refractivity contribution < 1.29 is 0 Å². The minimum atomic E-state index is 0.124. The predicted molar refractivity (Wildman–Crippen MR) is 128 cm³/mol. The first-order valence-electron chi connectivity index (χ1n) is 10.8. The van der Waals surface area contributed by atoms with Gasteiger partial charge in [0.15, 0.2) is 0 Å². The number of rotatable bonds is 1. The third kappa shape index (κ3) is 2.42. The van der Waals surface area contributed by atoms with E-state index in [0.717, 1.165) is 6.42 Å². The first-order chi connectivity index (χ1) is 14.5. The van der Waals surface area contributed by atoms with E-state index in [1.54, 1.807) is 0 Å². The number of hydrogen-bond donors (Lipinski definition) is 0. The van der Waals surface area contributed by atoms with Crippen LogP contribution in [0.3, 0.4) is 0 Å². The third-order valence-electron chi connectivity index (χ3n) is 6.56. The standard InChI is InChI=1S/C29H25N/c1-29(2,3)21-14-16-26-25(18-21)24-15-13-20-17-19-9-7-8-12-23(19)27(20)28(24)30(26)22-10-5-4-6-11-22/h4-16,18H,17H2,1-3H3. The average molecular weight is 388 g/mol. The minimum absolute atomic E-state index is 0.124. The molecule has 30 heavy (non-hydrogen) atoms. The van der Waals surface area contributed by atoms with Crippen molar-refractivity contribution in [2.75, 3.05) is 0 Å². The van der Waals surface area contributed by atoms with Gasteiger partial charge in [-0.3, -0.25) is 0 Å². The maximum absolute atomic E-state index is 2.47. The molecule has 1 nitrogen and oxygen atoms in total. The molecule has 6 rings (SSSR count). The van der Waals surface area contributed by atoms with Crippen LogP contribution in [0.2, 0.25) is 0 Å². The van der Waals surface area contributed by atoms with E-state index in [4.69, 9.17) is 0 Å². The summed E-state index contributed by atoms with van der Waals surface area (Å²) in [6, 6.07) is 31.4. The monoisotopic (exact) mass is 387 g/mol. The van der Waals surface area contributed by atoms with E-state index >= 15 is 0 Å². The molecule has 0 fully saturated rings. The molecule has 146 valence electrons. The van der Waals surface area contributed by atoms with Crippen molar-refractivity contribution in [2.45, 2.75) is 32.6 Å². The maximum atomic E-state index is 2.47. The molecule has 1 aliphatic carbocycles. The number of fused-ring (bicyclic) bond motifs is 7. The lowest BCUT2D eigenvalue weighted by Gasteiger charge is -2.19. The van der Waals surface area contributed by atoms with E-state index in [2.05, 4.69) is 110 Å². The van der Waals surface area contributed by atoms with Crippen LogP contribution in [-0.2, 0) is 11.8 Å². The highest BCUT2D eigenvalue weighted by Gasteiger charge is 2.25. The molecule has 0 saturated heterocycles. The quantitative estimate of drug-likeness (QED) is 0.273. The van der Waals surface area contributed by atoms with Gasteiger partial charge in [0.25, 0.3) is 0 Å². The van der Waals surface area contributed by atoms with Crippen molar-refractivity contribution >= 4 is 21.8 Å². The van der Waals surface area contributed by atoms with Gasteiger partial charge in [0, 0.05) is 22.0 Å². The van der Waals surface area contributed by atoms with E-state index in [1.165, 1.54) is 55.3 Å². The molecule has 0 N–H and O–H groups in total. The van der Waals surface area contributed by atoms with Crippen molar-refractivity contribution in [1.29, 1.82) is 0 Å². The van der Waals surface area contributed by atoms with Crippen LogP contribution in [0.15, 0.2) is 84.9 Å². The molecule has 0 aliphatic heterocycles. The normalized spacial score (nSPS) is 13.0. The van der Waals surface area contributed by atoms with Gasteiger partial charge in [0.1, 0.15) is 0 Å². The largest absolute Gasteiger partial charge is 0.309 e. The zero-order valence-electron chi connectivity index (χ0n) is 17.7. The summed E-state index contributed by atoms with van der Waals surface area (Å²) in [6.07, 6.45) is 1.02. The van der Waals surface area contributed by atoms with Gasteiger partial charge in [-0.05, 0) is 58.4 Å². The molecule has 0 radical (unpaired) electrons. The van der Waals surface area contributed by atoms with Crippen molar-refractivity contribution in [1.82, 2.24) is 4.57 Å². The summed E-state index contributed by atoms with van der Waals surface area (Å²) in [5.41, 5.74) is 11.0. The number of nitrogens with zero attached hydrogens (tertiary/aromatic N) is 1. The first kappa shape index (κ1) is 17.5. The molecule has 5 aromatic rings. The molecule has 0 unspecified atom stereocenters. The lowest BCUT2D eigenvalue weighted by molar-refractivity contribution is 0.591. The Labute approximate surface area is 177 Å². The molecule has 0 atom stereocenters. The number of aromatic nitrogens is 1. The van der Waals surface area contributed by atoms with Gasteiger partial charge in [0.2, 0.25) is 0 Å². The fourth-order valence-electron chi connectivity index (χ4n) is 5.03. The smallest absolute Gasteiger partial charge is 0.0622 e. The number of para-hydroxylation sites is 1. The molecule has 0 bridgehead atoms. The Morgan fingerprint density at radius 1 is 0.700 bits per heavy atom. The van der Waals surface area contributed by atoms with Crippen LogP contribution in [-0.4, -0.2) is 4.57 Å². The molecule has 0 spiro atoms. The van der Waals surface area contributed by atoms with Crippen LogP contribution in [0.1, 0.15) is 37.5 Å². The van der Waals surface area contributed by atoms with Gasteiger partial charge in [0.05, 0.1) is 11.0 Å². The molecule has 1 aromatic heterocycles. The van der Waals surface area contributed by atoms with Gasteiger partial charge in [-0.15, -0.1) is 0 Å². The lowest BCUT2D eigenvalue weighted by atomic mass is 9.86. The van der Waals surface area contributed by atoms with Gasteiger partial charge in [-0.1, -0.05) is 81.4 Å². The molecule has 0 saturated carbocycles. The van der Waals surface area contributed by atoms with Gasteiger partial charge < -0.3 is 4.57 Å². The summed E-state index contributed by atoms with van der Waals surface area (Å²) in [6.45, 7) is 6.87. The molecular formula is C29H25N. The third-order valence-corrected chi connectivity index (χ3v) is 6.56. The van der Waals surface area contributed by atoms with Crippen LogP contribution in [0, 0.1) is 0 Å². The Bertz CT molecular complexity index is 1430. The Kier molecular flexibility index (Phi) is 3.56. The Morgan fingerprint density at radius 3 is 2.27 bits per heavy atom. The zero-order chi connectivity index (χ0) is 20.5. The van der Waals surface area contributed by atoms with Crippen LogP contribution >= 0.6 is 0 Å².